The molecule has 1 heterocycles. The number of nitrogens with one attached hydrogen (secondary N) is 1. The van der Waals surface area contributed by atoms with Crippen molar-refractivity contribution >= 4 is 15.9 Å². The number of benzene rings is 1. The van der Waals surface area contributed by atoms with Gasteiger partial charge in [0.05, 0.1) is 24.2 Å². The minimum atomic E-state index is -3.67. The van der Waals surface area contributed by atoms with Crippen LogP contribution in [0.4, 0.5) is 4.79 Å². The number of allylic oxidation sites excluding steroid dienone is 1. The van der Waals surface area contributed by atoms with Crippen LogP contribution in [0.15, 0.2) is 54.3 Å². The first-order valence-electron chi connectivity index (χ1n) is 10.3. The lowest BCUT2D eigenvalue weighted by atomic mass is 10.2. The van der Waals surface area contributed by atoms with Crippen molar-refractivity contribution in [3.05, 3.63) is 60.4 Å². The topological polar surface area (TPSA) is 87.5 Å². The number of imidazole rings is 1. The fourth-order valence-corrected chi connectivity index (χ4v) is 4.56. The highest BCUT2D eigenvalue weighted by Gasteiger charge is 2.25. The summed E-state index contributed by atoms with van der Waals surface area (Å²) in [4.78, 5) is 20.6. The molecule has 2 aromatic rings. The molecule has 0 saturated heterocycles. The molecule has 1 aromatic heterocycles. The van der Waals surface area contributed by atoms with E-state index in [1.165, 1.54) is 6.20 Å². The maximum Gasteiger partial charge on any atom is 0.317 e. The average Bonchev–Trinajstić information content (AvgIpc) is 3.08. The number of hydrogen-bond donors (Lipinski definition) is 1. The van der Waals surface area contributed by atoms with Crippen LogP contribution < -0.4 is 5.32 Å². The predicted molar refractivity (Wildman–Crippen MR) is 122 cm³/mol. The second kappa shape index (κ2) is 11.1. The summed E-state index contributed by atoms with van der Waals surface area (Å²) in [6.07, 6.45) is 3.16. The van der Waals surface area contributed by atoms with Crippen LogP contribution in [0.25, 0.3) is 0 Å². The maximum atomic E-state index is 13.1. The fourth-order valence-electron chi connectivity index (χ4n) is 3.06. The quantitative estimate of drug-likeness (QED) is 0.535. The number of hydrogen-bond acceptors (Lipinski definition) is 5. The Morgan fingerprint density at radius 1 is 1.23 bits per heavy atom. The van der Waals surface area contributed by atoms with E-state index in [1.807, 2.05) is 51.0 Å². The first-order chi connectivity index (χ1) is 14.6. The van der Waals surface area contributed by atoms with Crippen molar-refractivity contribution in [3.8, 4) is 0 Å². The van der Waals surface area contributed by atoms with Gasteiger partial charge < -0.3 is 19.7 Å². The summed E-state index contributed by atoms with van der Waals surface area (Å²) in [7, 11) is 0.209. The highest BCUT2D eigenvalue weighted by Crippen LogP contribution is 2.19. The number of carbonyl (C=O) groups is 1. The van der Waals surface area contributed by atoms with Gasteiger partial charge in [0.15, 0.2) is 0 Å². The van der Waals surface area contributed by atoms with Crippen LogP contribution in [0.1, 0.15) is 25.1 Å². The van der Waals surface area contributed by atoms with Gasteiger partial charge in [-0.05, 0) is 33.5 Å². The highest BCUT2D eigenvalue weighted by molar-refractivity contribution is 7.90. The molecule has 0 fully saturated rings. The summed E-state index contributed by atoms with van der Waals surface area (Å²) in [5.41, 5.74) is 1.34. The minimum absolute atomic E-state index is 0.00532. The molecule has 0 spiro atoms. The van der Waals surface area contributed by atoms with Crippen LogP contribution in [0.2, 0.25) is 0 Å². The zero-order valence-corrected chi connectivity index (χ0v) is 19.6. The number of amides is 2. The Bertz CT molecular complexity index is 968. The normalized spacial score (nSPS) is 11.7. The molecule has 0 bridgehead atoms. The first kappa shape index (κ1) is 24.6. The molecule has 9 heteroatoms. The zero-order valence-electron chi connectivity index (χ0n) is 18.8. The Morgan fingerprint density at radius 2 is 1.90 bits per heavy atom. The average molecular weight is 448 g/mol. The van der Waals surface area contributed by atoms with E-state index >= 15 is 0 Å². The van der Waals surface area contributed by atoms with E-state index in [0.717, 1.165) is 0 Å². The molecular weight excluding hydrogens is 414 g/mol. The number of carbonyl (C=O) groups excluding carboxylic acids is 1. The molecule has 0 saturated carbocycles. The number of aromatic nitrogens is 2. The molecule has 170 valence electrons. The summed E-state index contributed by atoms with van der Waals surface area (Å²) in [6.45, 7) is 9.26. The van der Waals surface area contributed by atoms with E-state index in [2.05, 4.69) is 16.9 Å². The van der Waals surface area contributed by atoms with Crippen LogP contribution in [-0.4, -0.2) is 67.0 Å². The summed E-state index contributed by atoms with van der Waals surface area (Å²) >= 11 is 0. The number of sulfone groups is 1. The Morgan fingerprint density at radius 3 is 2.48 bits per heavy atom. The largest absolute Gasteiger partial charge is 0.336 e. The van der Waals surface area contributed by atoms with Gasteiger partial charge in [0.2, 0.25) is 15.0 Å². The lowest BCUT2D eigenvalue weighted by Crippen LogP contribution is -2.45. The number of nitrogens with zero attached hydrogens (tertiary/aromatic N) is 4. The van der Waals surface area contributed by atoms with Crippen molar-refractivity contribution < 1.29 is 13.2 Å². The fraction of sp³-hybridized carbons (Fsp3) is 0.455. The van der Waals surface area contributed by atoms with Gasteiger partial charge in [-0.15, -0.1) is 6.58 Å². The summed E-state index contributed by atoms with van der Waals surface area (Å²) < 4.78 is 27.8. The molecule has 8 nitrogen and oxygen atoms in total. The van der Waals surface area contributed by atoms with Crippen LogP contribution in [-0.2, 0) is 28.7 Å². The molecule has 0 aliphatic heterocycles. The van der Waals surface area contributed by atoms with Crippen molar-refractivity contribution in [1.29, 1.82) is 0 Å². The molecule has 0 unspecified atom stereocenters. The Kier molecular flexibility index (Phi) is 8.82. The number of rotatable bonds is 11. The monoisotopic (exact) mass is 447 g/mol. The van der Waals surface area contributed by atoms with Gasteiger partial charge >= 0.3 is 6.03 Å². The second-order valence-corrected chi connectivity index (χ2v) is 9.89. The van der Waals surface area contributed by atoms with E-state index in [4.69, 9.17) is 0 Å². The molecular formula is C22H33N5O3S. The van der Waals surface area contributed by atoms with Crippen LogP contribution in [0.5, 0.6) is 0 Å². The standard InChI is InChI=1S/C22H33N5O3S/c1-6-12-27-20(16-26(14-13-25(4)5)21(28)24-18(2)3)15-23-22(27)31(29,30)17-19-10-8-7-9-11-19/h6-11,15,18H,1,12-14,16-17H2,2-5H3,(H,24,28). The Balaban J connectivity index is 2.33. The van der Waals surface area contributed by atoms with Crippen molar-refractivity contribution in [2.45, 2.75) is 43.9 Å². The molecule has 0 aliphatic carbocycles. The smallest absolute Gasteiger partial charge is 0.317 e. The van der Waals surface area contributed by atoms with E-state index in [1.54, 1.807) is 27.7 Å². The third-order valence-electron chi connectivity index (χ3n) is 4.56. The molecule has 1 aromatic carbocycles. The first-order valence-corrected chi connectivity index (χ1v) is 11.9. The summed E-state index contributed by atoms with van der Waals surface area (Å²) in [5.74, 6) is -0.139. The molecule has 0 atom stereocenters. The molecule has 1 N–H and O–H groups in total. The van der Waals surface area contributed by atoms with E-state index < -0.39 is 9.84 Å². The van der Waals surface area contributed by atoms with Gasteiger partial charge in [0.1, 0.15) is 0 Å². The third-order valence-corrected chi connectivity index (χ3v) is 6.16. The SMILES string of the molecule is C=CCn1c(CN(CCN(C)C)C(=O)NC(C)C)cnc1S(=O)(=O)Cc1ccccc1. The van der Waals surface area contributed by atoms with E-state index in [-0.39, 0.29) is 36.1 Å². The molecule has 0 radical (unpaired) electrons. The van der Waals surface area contributed by atoms with Gasteiger partial charge in [-0.25, -0.2) is 18.2 Å². The van der Waals surface area contributed by atoms with Gasteiger partial charge in [-0.2, -0.15) is 0 Å². The van der Waals surface area contributed by atoms with Crippen LogP contribution >= 0.6 is 0 Å². The maximum absolute atomic E-state index is 13.1. The zero-order chi connectivity index (χ0) is 23.0. The van der Waals surface area contributed by atoms with Crippen molar-refractivity contribution in [3.63, 3.8) is 0 Å². The molecule has 2 rings (SSSR count). The number of urea groups is 1. The van der Waals surface area contributed by atoms with Crippen LogP contribution in [0.3, 0.4) is 0 Å². The summed E-state index contributed by atoms with van der Waals surface area (Å²) in [6, 6.07) is 8.81. The predicted octanol–water partition coefficient (Wildman–Crippen LogP) is 2.52. The number of likely N-dealkylation sites (N-methyl/N-ethyl adjacent to an activating group) is 1. The van der Waals surface area contributed by atoms with Crippen molar-refractivity contribution in [2.24, 2.45) is 0 Å². The van der Waals surface area contributed by atoms with Gasteiger partial charge in [-0.1, -0.05) is 36.4 Å². The minimum Gasteiger partial charge on any atom is -0.336 e. The van der Waals surface area contributed by atoms with Crippen molar-refractivity contribution in [1.82, 2.24) is 24.7 Å². The van der Waals surface area contributed by atoms with Crippen LogP contribution in [0, 0.1) is 0 Å². The molecule has 0 aliphatic rings. The van der Waals surface area contributed by atoms with Gasteiger partial charge in [-0.3, -0.25) is 0 Å². The van der Waals surface area contributed by atoms with E-state index in [0.29, 0.717) is 24.3 Å². The lowest BCUT2D eigenvalue weighted by Gasteiger charge is -2.26. The third kappa shape index (κ3) is 7.22. The van der Waals surface area contributed by atoms with Gasteiger partial charge in [0.25, 0.3) is 0 Å². The highest BCUT2D eigenvalue weighted by atomic mass is 32.2. The Labute approximate surface area is 185 Å². The van der Waals surface area contributed by atoms with Crippen molar-refractivity contribution in [2.75, 3.05) is 27.2 Å². The molecule has 31 heavy (non-hydrogen) atoms. The lowest BCUT2D eigenvalue weighted by molar-refractivity contribution is 0.185. The Hall–Kier alpha value is -2.65. The second-order valence-electron chi connectivity index (χ2n) is 8.01. The van der Waals surface area contributed by atoms with E-state index in [9.17, 15) is 13.2 Å². The molecule has 2 amide bonds. The van der Waals surface area contributed by atoms with Gasteiger partial charge in [0, 0.05) is 25.7 Å². The summed E-state index contributed by atoms with van der Waals surface area (Å²) in [5, 5.41) is 2.90.